The number of hydrogen-bond donors (Lipinski definition) is 1. The molecule has 0 spiro atoms. The number of nitrogens with two attached hydrogens (primary N) is 1. The molecule has 3 aromatic rings. The molecule has 0 saturated carbocycles. The molecule has 2 aromatic heterocycles. The number of azo groups is 1. The number of thioether (sulfide) groups is 1. The standard InChI is InChI=1S/C15H16N6O2S3/c1-4-23-13(22)11-7-8-10(21(2)16)6-5-9(12(8)25-11)17-18-14-19-20-15(24-3)26-14/h5-7H,4,16H2,1-3H3/b18-17+. The molecule has 0 amide bonds. The number of carbonyl (C=O) groups excluding carboxylic acids is 1. The molecule has 0 aliphatic carbocycles. The topological polar surface area (TPSA) is 106 Å². The number of anilines is 1. The number of nitrogens with zero attached hydrogens (tertiary/aromatic N) is 5. The predicted molar refractivity (Wildman–Crippen MR) is 106 cm³/mol. The lowest BCUT2D eigenvalue weighted by Crippen LogP contribution is -2.24. The predicted octanol–water partition coefficient (Wildman–Crippen LogP) is 4.38. The maximum absolute atomic E-state index is 12.1. The SMILES string of the molecule is CCOC(=O)c1cc2c(N(C)N)ccc(/N=N/c3nnc(SC)s3)c2s1. The van der Waals surface area contributed by atoms with Gasteiger partial charge in [0, 0.05) is 12.4 Å². The van der Waals surface area contributed by atoms with Gasteiger partial charge in [0.05, 0.1) is 17.0 Å². The number of esters is 1. The quantitative estimate of drug-likeness (QED) is 0.212. The highest BCUT2D eigenvalue weighted by Gasteiger charge is 2.17. The van der Waals surface area contributed by atoms with E-state index in [-0.39, 0.29) is 5.97 Å². The van der Waals surface area contributed by atoms with Crippen LogP contribution in [0.2, 0.25) is 0 Å². The molecule has 0 aliphatic heterocycles. The van der Waals surface area contributed by atoms with Gasteiger partial charge in [-0.2, -0.15) is 0 Å². The van der Waals surface area contributed by atoms with Gasteiger partial charge in [0.1, 0.15) is 10.6 Å². The number of rotatable bonds is 6. The van der Waals surface area contributed by atoms with Crippen LogP contribution in [0.5, 0.6) is 0 Å². The zero-order chi connectivity index (χ0) is 18.7. The van der Waals surface area contributed by atoms with Crippen molar-refractivity contribution in [2.24, 2.45) is 16.1 Å². The first-order valence-electron chi connectivity index (χ1n) is 7.54. The van der Waals surface area contributed by atoms with E-state index < -0.39 is 0 Å². The Kier molecular flexibility index (Phi) is 5.81. The van der Waals surface area contributed by atoms with E-state index in [1.807, 2.05) is 18.4 Å². The number of benzene rings is 1. The van der Waals surface area contributed by atoms with Crippen LogP contribution in [-0.4, -0.2) is 36.1 Å². The Morgan fingerprint density at radius 1 is 1.35 bits per heavy atom. The van der Waals surface area contributed by atoms with Crippen LogP contribution in [0.4, 0.5) is 16.5 Å². The second kappa shape index (κ2) is 8.08. The van der Waals surface area contributed by atoms with Crippen LogP contribution < -0.4 is 10.9 Å². The van der Waals surface area contributed by atoms with E-state index in [1.165, 1.54) is 39.4 Å². The van der Waals surface area contributed by atoms with E-state index >= 15 is 0 Å². The first kappa shape index (κ1) is 18.7. The van der Waals surface area contributed by atoms with Crippen LogP contribution in [-0.2, 0) is 4.74 Å². The van der Waals surface area contributed by atoms with Gasteiger partial charge >= 0.3 is 5.97 Å². The molecule has 0 bridgehead atoms. The van der Waals surface area contributed by atoms with Crippen molar-refractivity contribution in [1.82, 2.24) is 10.2 Å². The van der Waals surface area contributed by atoms with Crippen LogP contribution in [0.15, 0.2) is 32.8 Å². The maximum atomic E-state index is 12.1. The monoisotopic (exact) mass is 408 g/mol. The summed E-state index contributed by atoms with van der Waals surface area (Å²) in [5, 5.41) is 19.2. The summed E-state index contributed by atoms with van der Waals surface area (Å²) in [7, 11) is 1.74. The fraction of sp³-hybridized carbons (Fsp3) is 0.267. The molecule has 136 valence electrons. The minimum atomic E-state index is -0.365. The molecule has 0 aliphatic rings. The van der Waals surface area contributed by atoms with Crippen LogP contribution in [0.25, 0.3) is 10.1 Å². The van der Waals surface area contributed by atoms with Gasteiger partial charge in [-0.15, -0.1) is 31.8 Å². The molecule has 0 saturated heterocycles. The van der Waals surface area contributed by atoms with Crippen molar-refractivity contribution in [3.8, 4) is 0 Å². The van der Waals surface area contributed by atoms with Crippen molar-refractivity contribution >= 4 is 67.0 Å². The molecule has 0 atom stereocenters. The summed E-state index contributed by atoms with van der Waals surface area (Å²) >= 11 is 4.17. The number of carbonyl (C=O) groups is 1. The van der Waals surface area contributed by atoms with Crippen molar-refractivity contribution in [1.29, 1.82) is 0 Å². The molecule has 0 unspecified atom stereocenters. The molecule has 8 nitrogen and oxygen atoms in total. The van der Waals surface area contributed by atoms with E-state index in [2.05, 4.69) is 20.4 Å². The summed E-state index contributed by atoms with van der Waals surface area (Å²) < 4.78 is 6.73. The van der Waals surface area contributed by atoms with Gasteiger partial charge in [0.25, 0.3) is 5.13 Å². The third-order valence-corrected chi connectivity index (χ3v) is 6.23. The number of aromatic nitrogens is 2. The molecule has 1 aromatic carbocycles. The maximum Gasteiger partial charge on any atom is 0.348 e. The van der Waals surface area contributed by atoms with Gasteiger partial charge in [-0.05, 0) is 31.4 Å². The lowest BCUT2D eigenvalue weighted by molar-refractivity contribution is 0.0532. The van der Waals surface area contributed by atoms with Gasteiger partial charge in [-0.25, -0.2) is 10.6 Å². The van der Waals surface area contributed by atoms with Crippen molar-refractivity contribution in [2.75, 3.05) is 24.9 Å². The fourth-order valence-corrected chi connectivity index (χ4v) is 4.31. The molecule has 26 heavy (non-hydrogen) atoms. The van der Waals surface area contributed by atoms with E-state index in [1.54, 1.807) is 20.0 Å². The van der Waals surface area contributed by atoms with Gasteiger partial charge < -0.3 is 9.75 Å². The van der Waals surface area contributed by atoms with Gasteiger partial charge in [0.2, 0.25) is 0 Å². The highest BCUT2D eigenvalue weighted by Crippen LogP contribution is 2.40. The second-order valence-electron chi connectivity index (χ2n) is 5.04. The summed E-state index contributed by atoms with van der Waals surface area (Å²) in [5.74, 6) is 5.54. The number of fused-ring (bicyclic) bond motifs is 1. The summed E-state index contributed by atoms with van der Waals surface area (Å²) in [4.78, 5) is 12.6. The van der Waals surface area contributed by atoms with Crippen molar-refractivity contribution in [3.05, 3.63) is 23.1 Å². The van der Waals surface area contributed by atoms with Crippen molar-refractivity contribution < 1.29 is 9.53 Å². The zero-order valence-electron chi connectivity index (χ0n) is 14.3. The van der Waals surface area contributed by atoms with E-state index in [0.717, 1.165) is 20.1 Å². The Morgan fingerprint density at radius 2 is 2.15 bits per heavy atom. The molecular formula is C15H16N6O2S3. The molecule has 2 heterocycles. The summed E-state index contributed by atoms with van der Waals surface area (Å²) in [6.07, 6.45) is 1.93. The Labute approximate surface area is 162 Å². The van der Waals surface area contributed by atoms with Gasteiger partial charge in [0.15, 0.2) is 4.34 Å². The zero-order valence-corrected chi connectivity index (χ0v) is 16.7. The third-order valence-electron chi connectivity index (χ3n) is 3.31. The van der Waals surface area contributed by atoms with Gasteiger partial charge in [-0.1, -0.05) is 23.1 Å². The summed E-state index contributed by atoms with van der Waals surface area (Å²) in [5.41, 5.74) is 1.42. The lowest BCUT2D eigenvalue weighted by Gasteiger charge is -2.13. The average molecular weight is 409 g/mol. The smallest absolute Gasteiger partial charge is 0.348 e. The first-order valence-corrected chi connectivity index (χ1v) is 10.4. The lowest BCUT2D eigenvalue weighted by atomic mass is 10.2. The second-order valence-corrected chi connectivity index (χ2v) is 8.10. The normalized spacial score (nSPS) is 11.4. The molecule has 0 fully saturated rings. The van der Waals surface area contributed by atoms with Gasteiger partial charge in [-0.3, -0.25) is 0 Å². The number of hydrazine groups is 1. The average Bonchev–Trinajstić information content (AvgIpc) is 3.26. The van der Waals surface area contributed by atoms with Crippen LogP contribution >= 0.6 is 34.4 Å². The minimum Gasteiger partial charge on any atom is -0.462 e. The summed E-state index contributed by atoms with van der Waals surface area (Å²) in [6.45, 7) is 2.09. The Bertz CT molecular complexity index is 966. The number of ether oxygens (including phenoxy) is 1. The number of hydrogen-bond acceptors (Lipinski definition) is 11. The van der Waals surface area contributed by atoms with E-state index in [9.17, 15) is 4.79 Å². The van der Waals surface area contributed by atoms with Crippen LogP contribution in [0.3, 0.4) is 0 Å². The van der Waals surface area contributed by atoms with Crippen LogP contribution in [0, 0.1) is 0 Å². The molecule has 3 rings (SSSR count). The van der Waals surface area contributed by atoms with E-state index in [0.29, 0.717) is 22.3 Å². The summed E-state index contributed by atoms with van der Waals surface area (Å²) in [6, 6.07) is 5.42. The minimum absolute atomic E-state index is 0.318. The number of thiophene rings is 1. The molecule has 0 radical (unpaired) electrons. The molecule has 2 N–H and O–H groups in total. The molecule has 11 heteroatoms. The highest BCUT2D eigenvalue weighted by molar-refractivity contribution is 8.00. The Morgan fingerprint density at radius 3 is 2.81 bits per heavy atom. The fourth-order valence-electron chi connectivity index (χ4n) is 2.21. The Balaban J connectivity index is 2.04. The highest BCUT2D eigenvalue weighted by atomic mass is 32.2. The molecular weight excluding hydrogens is 392 g/mol. The van der Waals surface area contributed by atoms with E-state index in [4.69, 9.17) is 10.6 Å². The third kappa shape index (κ3) is 3.85. The van der Waals surface area contributed by atoms with Crippen LogP contribution in [0.1, 0.15) is 16.6 Å². The van der Waals surface area contributed by atoms with Crippen molar-refractivity contribution in [2.45, 2.75) is 11.3 Å². The largest absolute Gasteiger partial charge is 0.462 e. The van der Waals surface area contributed by atoms with Crippen molar-refractivity contribution in [3.63, 3.8) is 0 Å². The first-order chi connectivity index (χ1) is 12.5. The Hall–Kier alpha value is -2.08.